The van der Waals surface area contributed by atoms with Crippen LogP contribution in [0.2, 0.25) is 5.02 Å². The number of likely N-dealkylation sites (tertiary alicyclic amines) is 1. The topological polar surface area (TPSA) is 61.9 Å². The van der Waals surface area contributed by atoms with Gasteiger partial charge >= 0.3 is 0 Å². The smallest absolute Gasteiger partial charge is 0.230 e. The molecule has 29 heavy (non-hydrogen) atoms. The second-order valence-electron chi connectivity index (χ2n) is 8.51. The molecule has 6 nitrogen and oxygen atoms in total. The lowest BCUT2D eigenvalue weighted by Crippen LogP contribution is -2.45. The van der Waals surface area contributed by atoms with Crippen LogP contribution in [-0.2, 0) is 19.8 Å². The van der Waals surface area contributed by atoms with Gasteiger partial charge in [0.15, 0.2) is 0 Å². The third-order valence-electron chi connectivity index (χ3n) is 6.41. The fraction of sp³-hybridized carbons (Fsp3) is 0.636. The van der Waals surface area contributed by atoms with E-state index < -0.39 is 0 Å². The lowest BCUT2D eigenvalue weighted by molar-refractivity contribution is -0.140. The Morgan fingerprint density at radius 2 is 1.97 bits per heavy atom. The fourth-order valence-electron chi connectivity index (χ4n) is 4.46. The van der Waals surface area contributed by atoms with Crippen LogP contribution in [0.1, 0.15) is 44.1 Å². The largest absolute Gasteiger partial charge is 0.355 e. The summed E-state index contributed by atoms with van der Waals surface area (Å²) in [4.78, 5) is 32.9. The first kappa shape index (κ1) is 20.6. The van der Waals surface area contributed by atoms with Crippen LogP contribution >= 0.6 is 11.6 Å². The number of carbonyl (C=O) groups excluding carboxylic acids is 2. The zero-order chi connectivity index (χ0) is 20.3. The minimum Gasteiger partial charge on any atom is -0.355 e. The van der Waals surface area contributed by atoms with Crippen LogP contribution < -0.4 is 5.32 Å². The number of benzene rings is 1. The summed E-state index contributed by atoms with van der Waals surface area (Å²) in [6, 6.07) is 7.62. The zero-order valence-corrected chi connectivity index (χ0v) is 17.6. The highest BCUT2D eigenvalue weighted by Gasteiger charge is 2.51. The Morgan fingerprint density at radius 1 is 1.17 bits per heavy atom. The summed E-state index contributed by atoms with van der Waals surface area (Å²) in [5.74, 6) is 0.617. The summed E-state index contributed by atoms with van der Waals surface area (Å²) in [6.07, 6.45) is 5.35. The van der Waals surface area contributed by atoms with Crippen molar-refractivity contribution in [3.05, 3.63) is 34.9 Å². The summed E-state index contributed by atoms with van der Waals surface area (Å²) in [5.41, 5.74) is 0.661. The van der Waals surface area contributed by atoms with Gasteiger partial charge in [0.1, 0.15) is 0 Å². The van der Waals surface area contributed by atoms with Gasteiger partial charge in [0.2, 0.25) is 11.8 Å². The van der Waals surface area contributed by atoms with E-state index in [9.17, 15) is 9.59 Å². The highest BCUT2D eigenvalue weighted by atomic mass is 35.5. The van der Waals surface area contributed by atoms with Crippen molar-refractivity contribution in [2.75, 3.05) is 39.3 Å². The van der Waals surface area contributed by atoms with Gasteiger partial charge in [-0.15, -0.1) is 0 Å². The first-order chi connectivity index (χ1) is 14.1. The highest BCUT2D eigenvalue weighted by Crippen LogP contribution is 2.48. The van der Waals surface area contributed by atoms with Crippen LogP contribution in [-0.4, -0.2) is 61.1 Å². The summed E-state index contributed by atoms with van der Waals surface area (Å²) >= 11 is 5.98. The van der Waals surface area contributed by atoms with Gasteiger partial charge in [0.25, 0.3) is 0 Å². The van der Waals surface area contributed by atoms with E-state index in [2.05, 4.69) is 5.32 Å². The molecule has 0 aromatic heterocycles. The van der Waals surface area contributed by atoms with Crippen LogP contribution in [0.25, 0.3) is 0 Å². The van der Waals surface area contributed by atoms with E-state index in [1.807, 2.05) is 34.2 Å². The predicted octanol–water partition coefficient (Wildman–Crippen LogP) is 2.75. The first-order valence-electron chi connectivity index (χ1n) is 10.8. The SMILES string of the molecule is O=C(CCN1CCCO1)N1CCCC(CNC(=O)C2(c3ccc(Cl)cc3)CC2)C1. The maximum Gasteiger partial charge on any atom is 0.230 e. The standard InChI is InChI=1S/C22H30ClN3O3/c23-19-6-4-18(5-7-19)22(9-10-22)21(28)24-15-17-3-1-11-25(16-17)20(27)8-13-26-12-2-14-29-26/h4-7,17H,1-3,8-16H2,(H,24,28). The van der Waals surface area contributed by atoms with E-state index in [1.165, 1.54) is 0 Å². The molecule has 1 aromatic rings. The van der Waals surface area contributed by atoms with E-state index in [1.54, 1.807) is 0 Å². The molecule has 1 N–H and O–H groups in total. The molecule has 0 radical (unpaired) electrons. The lowest BCUT2D eigenvalue weighted by Gasteiger charge is -2.33. The summed E-state index contributed by atoms with van der Waals surface area (Å²) < 4.78 is 0. The second kappa shape index (κ2) is 9.02. The third kappa shape index (κ3) is 4.93. The van der Waals surface area contributed by atoms with Crippen LogP contribution in [0, 0.1) is 5.92 Å². The van der Waals surface area contributed by atoms with Gasteiger partial charge in [-0.2, -0.15) is 5.06 Å². The molecule has 2 saturated heterocycles. The number of rotatable bonds is 7. The fourth-order valence-corrected chi connectivity index (χ4v) is 4.59. The van der Waals surface area contributed by atoms with E-state index >= 15 is 0 Å². The molecule has 3 fully saturated rings. The number of hydroxylamine groups is 2. The molecule has 7 heteroatoms. The molecule has 1 atom stereocenters. The molecule has 3 aliphatic rings. The van der Waals surface area contributed by atoms with Gasteiger partial charge in [-0.05, 0) is 55.7 Å². The molecule has 4 rings (SSSR count). The second-order valence-corrected chi connectivity index (χ2v) is 8.95. The Morgan fingerprint density at radius 3 is 2.66 bits per heavy atom. The summed E-state index contributed by atoms with van der Waals surface area (Å²) in [7, 11) is 0. The van der Waals surface area contributed by atoms with E-state index in [4.69, 9.17) is 16.4 Å². The van der Waals surface area contributed by atoms with Crippen LogP contribution in [0.4, 0.5) is 0 Å². The zero-order valence-electron chi connectivity index (χ0n) is 16.9. The minimum absolute atomic E-state index is 0.106. The summed E-state index contributed by atoms with van der Waals surface area (Å²) in [5, 5.41) is 5.75. The lowest BCUT2D eigenvalue weighted by atomic mass is 9.93. The van der Waals surface area contributed by atoms with E-state index in [-0.39, 0.29) is 17.2 Å². The van der Waals surface area contributed by atoms with Crippen molar-refractivity contribution in [2.45, 2.75) is 43.9 Å². The van der Waals surface area contributed by atoms with Gasteiger partial charge in [-0.1, -0.05) is 23.7 Å². The van der Waals surface area contributed by atoms with Crippen molar-refractivity contribution in [1.82, 2.24) is 15.3 Å². The van der Waals surface area contributed by atoms with Crippen molar-refractivity contribution in [3.63, 3.8) is 0 Å². The quantitative estimate of drug-likeness (QED) is 0.738. The Bertz CT molecular complexity index is 729. The van der Waals surface area contributed by atoms with Gasteiger partial charge in [0, 0.05) is 44.2 Å². The molecule has 1 aromatic carbocycles. The minimum atomic E-state index is -0.384. The van der Waals surface area contributed by atoms with E-state index in [0.717, 1.165) is 63.9 Å². The average molecular weight is 420 g/mol. The normalized spacial score (nSPS) is 23.8. The highest BCUT2D eigenvalue weighted by molar-refractivity contribution is 6.30. The molecule has 1 aliphatic carbocycles. The number of hydrogen-bond donors (Lipinski definition) is 1. The maximum atomic E-state index is 12.9. The van der Waals surface area contributed by atoms with Gasteiger partial charge in [0.05, 0.1) is 12.0 Å². The van der Waals surface area contributed by atoms with Crippen molar-refractivity contribution in [3.8, 4) is 0 Å². The number of carbonyl (C=O) groups is 2. The van der Waals surface area contributed by atoms with Crippen LogP contribution in [0.3, 0.4) is 0 Å². The van der Waals surface area contributed by atoms with E-state index in [0.29, 0.717) is 30.5 Å². The number of piperidine rings is 1. The number of nitrogens with zero attached hydrogens (tertiary/aromatic N) is 2. The molecule has 158 valence electrons. The Balaban J connectivity index is 1.24. The Hall–Kier alpha value is -1.63. The molecule has 2 amide bonds. The van der Waals surface area contributed by atoms with Crippen molar-refractivity contribution < 1.29 is 14.4 Å². The number of halogens is 1. The molecule has 1 saturated carbocycles. The van der Waals surface area contributed by atoms with Crippen LogP contribution in [0.5, 0.6) is 0 Å². The molecule has 1 unspecified atom stereocenters. The number of nitrogens with one attached hydrogen (secondary N) is 1. The van der Waals surface area contributed by atoms with Crippen LogP contribution in [0.15, 0.2) is 24.3 Å². The number of amides is 2. The molecule has 2 heterocycles. The third-order valence-corrected chi connectivity index (χ3v) is 6.66. The van der Waals surface area contributed by atoms with Crippen molar-refractivity contribution in [2.24, 2.45) is 5.92 Å². The molecule has 0 spiro atoms. The first-order valence-corrected chi connectivity index (χ1v) is 11.1. The summed E-state index contributed by atoms with van der Waals surface area (Å²) in [6.45, 7) is 4.52. The number of hydrogen-bond acceptors (Lipinski definition) is 4. The molecular weight excluding hydrogens is 390 g/mol. The monoisotopic (exact) mass is 419 g/mol. The molecule has 0 bridgehead atoms. The van der Waals surface area contributed by atoms with Crippen molar-refractivity contribution in [1.29, 1.82) is 0 Å². The predicted molar refractivity (Wildman–Crippen MR) is 111 cm³/mol. The van der Waals surface area contributed by atoms with Gasteiger partial charge in [-0.25, -0.2) is 0 Å². The van der Waals surface area contributed by atoms with Crippen molar-refractivity contribution >= 4 is 23.4 Å². The average Bonchev–Trinajstić information content (AvgIpc) is 3.39. The molecular formula is C22H30ClN3O3. The van der Waals surface area contributed by atoms with Gasteiger partial charge in [-0.3, -0.25) is 14.4 Å². The maximum absolute atomic E-state index is 12.9. The Kier molecular flexibility index (Phi) is 6.42. The Labute approximate surface area is 177 Å². The van der Waals surface area contributed by atoms with Gasteiger partial charge < -0.3 is 10.2 Å². The molecule has 2 aliphatic heterocycles.